The predicted molar refractivity (Wildman–Crippen MR) is 85.9 cm³/mol. The molecule has 22 heavy (non-hydrogen) atoms. The van der Waals surface area contributed by atoms with Crippen molar-refractivity contribution in [2.45, 2.75) is 44.7 Å². The van der Waals surface area contributed by atoms with Gasteiger partial charge in [0.1, 0.15) is 5.54 Å². The van der Waals surface area contributed by atoms with E-state index in [-0.39, 0.29) is 24.4 Å². The topological polar surface area (TPSA) is 49.4 Å². The van der Waals surface area contributed by atoms with Crippen LogP contribution < -0.4 is 5.32 Å². The molecule has 1 N–H and O–H groups in total. The Balaban J connectivity index is 1.84. The molecule has 2 fully saturated rings. The minimum atomic E-state index is -0.717. The molecule has 1 heterocycles. The number of benzene rings is 1. The molecule has 0 aromatic heterocycles. The number of amides is 3. The molecule has 1 spiro atoms. The highest BCUT2D eigenvalue weighted by atomic mass is 35.5. The molecule has 4 nitrogen and oxygen atoms in total. The summed E-state index contributed by atoms with van der Waals surface area (Å²) in [5.74, 6) is 0.0484. The highest BCUT2D eigenvalue weighted by molar-refractivity contribution is 6.42. The number of carbonyl (C=O) groups is 2. The Hall–Kier alpha value is -1.26. The SMILES string of the molecule is C[C@H]1CCCC[C@]12NC(=O)N(Cc1ccc(Cl)c(Cl)c1)C2=O. The first-order valence-electron chi connectivity index (χ1n) is 7.52. The molecule has 3 rings (SSSR count). The molecule has 118 valence electrons. The molecular formula is C16H18Cl2N2O2. The number of halogens is 2. The molecular weight excluding hydrogens is 323 g/mol. The van der Waals surface area contributed by atoms with Gasteiger partial charge in [0, 0.05) is 0 Å². The lowest BCUT2D eigenvalue weighted by molar-refractivity contribution is -0.134. The second-order valence-corrected chi connectivity index (χ2v) is 7.00. The quantitative estimate of drug-likeness (QED) is 0.827. The van der Waals surface area contributed by atoms with Crippen molar-refractivity contribution in [2.24, 2.45) is 5.92 Å². The van der Waals surface area contributed by atoms with E-state index >= 15 is 0 Å². The van der Waals surface area contributed by atoms with Crippen LogP contribution in [0.15, 0.2) is 18.2 Å². The molecule has 1 saturated carbocycles. The summed E-state index contributed by atoms with van der Waals surface area (Å²) in [5.41, 5.74) is 0.0735. The first-order chi connectivity index (χ1) is 10.4. The molecule has 1 saturated heterocycles. The molecule has 3 amide bonds. The molecule has 6 heteroatoms. The van der Waals surface area contributed by atoms with Gasteiger partial charge >= 0.3 is 6.03 Å². The number of rotatable bonds is 2. The van der Waals surface area contributed by atoms with Crippen LogP contribution in [0.4, 0.5) is 4.79 Å². The maximum atomic E-state index is 12.8. The van der Waals surface area contributed by atoms with Gasteiger partial charge in [-0.15, -0.1) is 0 Å². The van der Waals surface area contributed by atoms with Crippen LogP contribution in [0.1, 0.15) is 38.2 Å². The van der Waals surface area contributed by atoms with Crippen LogP contribution in [-0.2, 0) is 11.3 Å². The van der Waals surface area contributed by atoms with Crippen molar-refractivity contribution in [3.8, 4) is 0 Å². The van der Waals surface area contributed by atoms with Crippen LogP contribution in [-0.4, -0.2) is 22.4 Å². The van der Waals surface area contributed by atoms with E-state index in [2.05, 4.69) is 5.32 Å². The second kappa shape index (κ2) is 5.74. The first kappa shape index (κ1) is 15.6. The molecule has 1 aromatic carbocycles. The fourth-order valence-corrected chi connectivity index (χ4v) is 3.78. The largest absolute Gasteiger partial charge is 0.325 e. The Morgan fingerprint density at radius 1 is 1.27 bits per heavy atom. The van der Waals surface area contributed by atoms with Gasteiger partial charge in [-0.1, -0.05) is 49.0 Å². The van der Waals surface area contributed by atoms with Crippen molar-refractivity contribution in [1.82, 2.24) is 10.2 Å². The summed E-state index contributed by atoms with van der Waals surface area (Å²) in [6.45, 7) is 2.26. The molecule has 1 aliphatic heterocycles. The van der Waals surface area contributed by atoms with E-state index in [4.69, 9.17) is 23.2 Å². The normalized spacial score (nSPS) is 28.3. The van der Waals surface area contributed by atoms with Gasteiger partial charge in [0.25, 0.3) is 5.91 Å². The Morgan fingerprint density at radius 3 is 2.73 bits per heavy atom. The Morgan fingerprint density at radius 2 is 2.05 bits per heavy atom. The van der Waals surface area contributed by atoms with E-state index < -0.39 is 5.54 Å². The molecule has 2 aliphatic rings. The average molecular weight is 341 g/mol. The lowest BCUT2D eigenvalue weighted by atomic mass is 9.73. The van der Waals surface area contributed by atoms with Crippen molar-refractivity contribution >= 4 is 35.1 Å². The molecule has 1 aromatic rings. The summed E-state index contributed by atoms with van der Waals surface area (Å²) in [6.07, 6.45) is 3.76. The van der Waals surface area contributed by atoms with Gasteiger partial charge in [0.2, 0.25) is 0 Å². The summed E-state index contributed by atoms with van der Waals surface area (Å²) < 4.78 is 0. The zero-order chi connectivity index (χ0) is 15.9. The van der Waals surface area contributed by atoms with Crippen LogP contribution in [0.3, 0.4) is 0 Å². The van der Waals surface area contributed by atoms with Crippen molar-refractivity contribution in [3.63, 3.8) is 0 Å². The van der Waals surface area contributed by atoms with Gasteiger partial charge in [-0.25, -0.2) is 4.79 Å². The minimum Gasteiger partial charge on any atom is -0.323 e. The second-order valence-electron chi connectivity index (χ2n) is 6.19. The lowest BCUT2D eigenvalue weighted by Crippen LogP contribution is -2.53. The third-order valence-electron chi connectivity index (χ3n) is 4.83. The smallest absolute Gasteiger partial charge is 0.323 e. The highest BCUT2D eigenvalue weighted by Gasteiger charge is 2.54. The van der Waals surface area contributed by atoms with Gasteiger partial charge in [-0.05, 0) is 36.5 Å². The zero-order valence-electron chi connectivity index (χ0n) is 12.4. The number of nitrogens with zero attached hydrogens (tertiary/aromatic N) is 1. The first-order valence-corrected chi connectivity index (χ1v) is 8.27. The van der Waals surface area contributed by atoms with Crippen molar-refractivity contribution in [1.29, 1.82) is 0 Å². The van der Waals surface area contributed by atoms with Crippen LogP contribution in [0.5, 0.6) is 0 Å². The Kier molecular flexibility index (Phi) is 4.08. The summed E-state index contributed by atoms with van der Waals surface area (Å²) in [6, 6.07) is 4.84. The molecule has 1 aliphatic carbocycles. The third-order valence-corrected chi connectivity index (χ3v) is 5.57. The molecule has 0 radical (unpaired) electrons. The number of urea groups is 1. The fourth-order valence-electron chi connectivity index (χ4n) is 3.46. The van der Waals surface area contributed by atoms with Gasteiger partial charge in [0.05, 0.1) is 16.6 Å². The number of hydrogen-bond acceptors (Lipinski definition) is 2. The third kappa shape index (κ3) is 2.48. The monoisotopic (exact) mass is 340 g/mol. The fraction of sp³-hybridized carbons (Fsp3) is 0.500. The standard InChI is InChI=1S/C16H18Cl2N2O2/c1-10-4-2-3-7-16(10)14(21)20(15(22)19-16)9-11-5-6-12(17)13(18)8-11/h5-6,8,10H,2-4,7,9H2,1H3,(H,19,22)/t10-,16-/m0/s1. The van der Waals surface area contributed by atoms with E-state index in [0.717, 1.165) is 31.2 Å². The Bertz CT molecular complexity index is 635. The summed E-state index contributed by atoms with van der Waals surface area (Å²) in [4.78, 5) is 26.4. The summed E-state index contributed by atoms with van der Waals surface area (Å²) in [5, 5.41) is 3.82. The molecule has 2 atom stereocenters. The summed E-state index contributed by atoms with van der Waals surface area (Å²) in [7, 11) is 0. The van der Waals surface area contributed by atoms with Gasteiger partial charge < -0.3 is 5.32 Å². The number of carbonyl (C=O) groups excluding carboxylic acids is 2. The van der Waals surface area contributed by atoms with Gasteiger partial charge in [-0.3, -0.25) is 9.69 Å². The number of imide groups is 1. The lowest BCUT2D eigenvalue weighted by Gasteiger charge is -2.36. The van der Waals surface area contributed by atoms with E-state index in [0.29, 0.717) is 10.0 Å². The molecule has 0 unspecified atom stereocenters. The highest BCUT2D eigenvalue weighted by Crippen LogP contribution is 2.38. The van der Waals surface area contributed by atoms with Crippen LogP contribution in [0.25, 0.3) is 0 Å². The zero-order valence-corrected chi connectivity index (χ0v) is 13.9. The number of nitrogens with one attached hydrogen (secondary N) is 1. The van der Waals surface area contributed by atoms with Gasteiger partial charge in [0.15, 0.2) is 0 Å². The van der Waals surface area contributed by atoms with E-state index in [9.17, 15) is 9.59 Å². The Labute approximate surface area is 139 Å². The number of hydrogen-bond donors (Lipinski definition) is 1. The minimum absolute atomic E-state index is 0.115. The van der Waals surface area contributed by atoms with Crippen molar-refractivity contribution in [2.75, 3.05) is 0 Å². The molecule has 0 bridgehead atoms. The van der Waals surface area contributed by atoms with Crippen molar-refractivity contribution in [3.05, 3.63) is 33.8 Å². The van der Waals surface area contributed by atoms with E-state index in [1.807, 2.05) is 6.92 Å². The van der Waals surface area contributed by atoms with Crippen LogP contribution in [0.2, 0.25) is 10.0 Å². The van der Waals surface area contributed by atoms with E-state index in [1.165, 1.54) is 4.90 Å². The predicted octanol–water partition coefficient (Wildman–Crippen LogP) is 3.99. The van der Waals surface area contributed by atoms with Crippen LogP contribution in [0, 0.1) is 5.92 Å². The summed E-state index contributed by atoms with van der Waals surface area (Å²) >= 11 is 11.9. The van der Waals surface area contributed by atoms with Crippen molar-refractivity contribution < 1.29 is 9.59 Å². The van der Waals surface area contributed by atoms with Gasteiger partial charge in [-0.2, -0.15) is 0 Å². The van der Waals surface area contributed by atoms with Crippen LogP contribution >= 0.6 is 23.2 Å². The maximum absolute atomic E-state index is 12.8. The maximum Gasteiger partial charge on any atom is 0.325 e. The average Bonchev–Trinajstić information content (AvgIpc) is 2.71. The van der Waals surface area contributed by atoms with E-state index in [1.54, 1.807) is 18.2 Å².